The van der Waals surface area contributed by atoms with Crippen molar-refractivity contribution in [3.05, 3.63) is 23.8 Å². The van der Waals surface area contributed by atoms with Crippen LogP contribution in [0.3, 0.4) is 0 Å². The van der Waals surface area contributed by atoms with Crippen LogP contribution in [0.15, 0.2) is 18.2 Å². The lowest BCUT2D eigenvalue weighted by Gasteiger charge is -2.09. The van der Waals surface area contributed by atoms with Gasteiger partial charge in [-0.05, 0) is 17.7 Å². The number of aromatic hydroxyl groups is 1. The number of ether oxygens (including phenoxy) is 1. The van der Waals surface area contributed by atoms with E-state index in [1.54, 1.807) is 0 Å². The molecule has 0 heterocycles. The van der Waals surface area contributed by atoms with Gasteiger partial charge < -0.3 is 20.7 Å². The maximum absolute atomic E-state index is 10.6. The number of benzene rings is 1. The van der Waals surface area contributed by atoms with Crippen LogP contribution in [0.25, 0.3) is 0 Å². The Hall–Kier alpha value is -1.75. The molecule has 0 amide bonds. The van der Waals surface area contributed by atoms with Crippen molar-refractivity contribution in [2.45, 2.75) is 6.04 Å². The topological polar surface area (TPSA) is 92.8 Å². The van der Waals surface area contributed by atoms with Gasteiger partial charge in [0.15, 0.2) is 11.5 Å². The fraction of sp³-hybridized carbons (Fsp3) is 0.222. The molecule has 1 aromatic carbocycles. The summed E-state index contributed by atoms with van der Waals surface area (Å²) < 4.78 is 11.6. The Bertz CT molecular complexity index is 369. The highest BCUT2D eigenvalue weighted by molar-refractivity contribution is 5.75. The molecule has 0 aromatic heterocycles. The highest BCUT2D eigenvalue weighted by atomic mass is 16.5. The van der Waals surface area contributed by atoms with E-state index in [0.717, 1.165) is 0 Å². The van der Waals surface area contributed by atoms with Crippen LogP contribution in [0.4, 0.5) is 0 Å². The summed E-state index contributed by atoms with van der Waals surface area (Å²) in [4.78, 5) is 10.6. The number of phenolic OH excluding ortho intramolecular Hbond substituents is 1. The molecule has 1 atom stereocenters. The molecule has 0 fully saturated rings. The van der Waals surface area contributed by atoms with Crippen LogP contribution in [0.5, 0.6) is 11.5 Å². The third-order valence-electron chi connectivity index (χ3n) is 1.76. The number of carboxylic acid groups (broad SMARTS) is 1. The Morgan fingerprint density at radius 2 is 2.43 bits per heavy atom. The fourth-order valence-corrected chi connectivity index (χ4v) is 0.982. The molecule has 4 N–H and O–H groups in total. The van der Waals surface area contributed by atoms with Crippen molar-refractivity contribution in [3.63, 3.8) is 0 Å². The molecule has 0 bridgehead atoms. The normalized spacial score (nSPS) is 13.1. The minimum absolute atomic E-state index is 0.0548. The second-order valence-corrected chi connectivity index (χ2v) is 2.69. The maximum Gasteiger partial charge on any atom is 0.325 e. The van der Waals surface area contributed by atoms with E-state index in [4.69, 9.17) is 16.9 Å². The Morgan fingerprint density at radius 1 is 1.71 bits per heavy atom. The van der Waals surface area contributed by atoms with Gasteiger partial charge >= 0.3 is 5.97 Å². The smallest absolute Gasteiger partial charge is 0.325 e. The van der Waals surface area contributed by atoms with Gasteiger partial charge in [0.05, 0.1) is 8.46 Å². The van der Waals surface area contributed by atoms with E-state index in [1.165, 1.54) is 18.2 Å². The standard InChI is InChI=1S/C9H11NO4/c1-14-7-4-5(2-3-6(7)11)8(10)9(12)13/h2-4,8,11H,10H2,1H3,(H,12,13)/i1D. The first-order chi connectivity index (χ1) is 7.06. The van der Waals surface area contributed by atoms with Crippen molar-refractivity contribution in [1.29, 1.82) is 0 Å². The number of hydrogen-bond donors (Lipinski definition) is 3. The van der Waals surface area contributed by atoms with E-state index in [1.807, 2.05) is 0 Å². The van der Waals surface area contributed by atoms with Gasteiger partial charge in [0.2, 0.25) is 0 Å². The molecule has 0 aliphatic carbocycles. The Labute approximate surface area is 82.1 Å². The average molecular weight is 198 g/mol. The molecule has 5 heteroatoms. The third kappa shape index (κ3) is 1.94. The number of nitrogens with two attached hydrogens (primary N) is 1. The van der Waals surface area contributed by atoms with Crippen molar-refractivity contribution < 1.29 is 21.1 Å². The second-order valence-electron chi connectivity index (χ2n) is 2.69. The van der Waals surface area contributed by atoms with Crippen LogP contribution in [0, 0.1) is 0 Å². The highest BCUT2D eigenvalue weighted by Crippen LogP contribution is 2.28. The van der Waals surface area contributed by atoms with Crippen LogP contribution in [-0.4, -0.2) is 23.3 Å². The van der Waals surface area contributed by atoms with E-state index < -0.39 is 12.0 Å². The molecule has 0 radical (unpaired) electrons. The number of carboxylic acids is 1. The predicted octanol–water partition coefficient (Wildman–Crippen LogP) is 0.485. The number of methoxy groups -OCH3 is 1. The molecule has 14 heavy (non-hydrogen) atoms. The summed E-state index contributed by atoms with van der Waals surface area (Å²) >= 11 is 0. The second kappa shape index (κ2) is 3.97. The largest absolute Gasteiger partial charge is 0.504 e. The van der Waals surface area contributed by atoms with Gasteiger partial charge in [-0.15, -0.1) is 0 Å². The Kier molecular flexibility index (Phi) is 2.51. The third-order valence-corrected chi connectivity index (χ3v) is 1.76. The number of rotatable bonds is 3. The maximum atomic E-state index is 10.6. The first-order valence-corrected chi connectivity index (χ1v) is 3.79. The molecule has 0 saturated heterocycles. The molecule has 5 nitrogen and oxygen atoms in total. The van der Waals surface area contributed by atoms with Gasteiger partial charge in [-0.1, -0.05) is 6.07 Å². The van der Waals surface area contributed by atoms with Crippen LogP contribution in [0.2, 0.25) is 0 Å². The monoisotopic (exact) mass is 198 g/mol. The van der Waals surface area contributed by atoms with Gasteiger partial charge in [-0.3, -0.25) is 4.79 Å². The zero-order chi connectivity index (χ0) is 11.4. The lowest BCUT2D eigenvalue weighted by atomic mass is 10.1. The predicted molar refractivity (Wildman–Crippen MR) is 49.2 cm³/mol. The molecule has 1 rings (SSSR count). The molecule has 0 aliphatic rings. The summed E-state index contributed by atoms with van der Waals surface area (Å²) in [6.07, 6.45) is 0. The fourth-order valence-electron chi connectivity index (χ4n) is 0.982. The highest BCUT2D eigenvalue weighted by Gasteiger charge is 2.15. The summed E-state index contributed by atoms with van der Waals surface area (Å²) in [5.74, 6) is -1.26. The number of hydrogen-bond acceptors (Lipinski definition) is 4. The van der Waals surface area contributed by atoms with Gasteiger partial charge in [0, 0.05) is 0 Å². The minimum atomic E-state index is -1.17. The first-order valence-electron chi connectivity index (χ1n) is 4.50. The number of aliphatic carboxylic acids is 1. The Morgan fingerprint density at radius 3 is 3.00 bits per heavy atom. The SMILES string of the molecule is [2H]COc1cc(C(N)C(=O)O)ccc1O. The van der Waals surface area contributed by atoms with Crippen LogP contribution < -0.4 is 10.5 Å². The lowest BCUT2D eigenvalue weighted by Crippen LogP contribution is -2.20. The van der Waals surface area contributed by atoms with E-state index in [0.29, 0.717) is 5.56 Å². The lowest BCUT2D eigenvalue weighted by molar-refractivity contribution is -0.138. The summed E-state index contributed by atoms with van der Waals surface area (Å²) in [6, 6.07) is 2.81. The quantitative estimate of drug-likeness (QED) is 0.657. The molecule has 0 spiro atoms. The summed E-state index contributed by atoms with van der Waals surface area (Å²) in [7, 11) is -0.362. The zero-order valence-corrected chi connectivity index (χ0v) is 7.30. The van der Waals surface area contributed by atoms with Crippen LogP contribution >= 0.6 is 0 Å². The Balaban J connectivity index is 3.01. The minimum Gasteiger partial charge on any atom is -0.504 e. The van der Waals surface area contributed by atoms with Gasteiger partial charge in [0.25, 0.3) is 0 Å². The van der Waals surface area contributed by atoms with Crippen molar-refractivity contribution in [3.8, 4) is 11.5 Å². The van der Waals surface area contributed by atoms with Crippen LogP contribution in [-0.2, 0) is 4.79 Å². The van der Waals surface area contributed by atoms with Gasteiger partial charge in [0.1, 0.15) is 6.04 Å². The molecule has 1 aromatic rings. The van der Waals surface area contributed by atoms with Crippen LogP contribution in [0.1, 0.15) is 13.0 Å². The summed E-state index contributed by atoms with van der Waals surface area (Å²) in [5.41, 5.74) is 5.68. The van der Waals surface area contributed by atoms with Crippen molar-refractivity contribution >= 4 is 5.97 Å². The number of carbonyl (C=O) groups is 1. The summed E-state index contributed by atoms with van der Waals surface area (Å²) in [5, 5.41) is 18.0. The van der Waals surface area contributed by atoms with Gasteiger partial charge in [-0.2, -0.15) is 0 Å². The molecule has 1 unspecified atom stereocenters. The first kappa shape index (κ1) is 8.83. The molecule has 0 aliphatic heterocycles. The average Bonchev–Trinajstić information content (AvgIpc) is 2.20. The van der Waals surface area contributed by atoms with Crippen molar-refractivity contribution in [1.82, 2.24) is 0 Å². The zero-order valence-electron chi connectivity index (χ0n) is 8.30. The molecular weight excluding hydrogens is 186 g/mol. The van der Waals surface area contributed by atoms with Crippen molar-refractivity contribution in [2.24, 2.45) is 5.73 Å². The number of phenols is 1. The molecule has 0 saturated carbocycles. The van der Waals surface area contributed by atoms with E-state index in [2.05, 4.69) is 0 Å². The van der Waals surface area contributed by atoms with E-state index >= 15 is 0 Å². The van der Waals surface area contributed by atoms with Gasteiger partial charge in [-0.25, -0.2) is 0 Å². The van der Waals surface area contributed by atoms with E-state index in [9.17, 15) is 9.90 Å². The van der Waals surface area contributed by atoms with Crippen molar-refractivity contribution in [2.75, 3.05) is 7.09 Å². The molecular formula is C9H11NO4. The summed E-state index contributed by atoms with van der Waals surface area (Å²) in [6.45, 7) is 0. The molecule has 76 valence electrons. The van der Waals surface area contributed by atoms with E-state index in [-0.39, 0.29) is 18.6 Å².